The predicted octanol–water partition coefficient (Wildman–Crippen LogP) is 4.46. The van der Waals surface area contributed by atoms with Gasteiger partial charge in [-0.2, -0.15) is 0 Å². The van der Waals surface area contributed by atoms with Crippen LogP contribution in [0.2, 0.25) is 0 Å². The van der Waals surface area contributed by atoms with Gasteiger partial charge in [0.15, 0.2) is 0 Å². The number of halogens is 2. The minimum Gasteiger partial charge on any atom is -0.381 e. The summed E-state index contributed by atoms with van der Waals surface area (Å²) in [5, 5.41) is 10.7. The quantitative estimate of drug-likeness (QED) is 0.865. The Balaban J connectivity index is 2.57. The standard InChI is InChI=1S/C16H16BrFO/c1-10-4-5-12(8-11(10)2)16(3,19)14-9-13(17)6-7-15(14)18/h4-9,19H,1-3H3. The Kier molecular flexibility index (Phi) is 3.79. The van der Waals surface area contributed by atoms with E-state index in [1.165, 1.54) is 6.07 Å². The van der Waals surface area contributed by atoms with E-state index in [0.717, 1.165) is 15.6 Å². The van der Waals surface area contributed by atoms with Crippen molar-refractivity contribution in [2.75, 3.05) is 0 Å². The van der Waals surface area contributed by atoms with Gasteiger partial charge in [-0.3, -0.25) is 0 Å². The molecule has 0 saturated carbocycles. The molecule has 0 aromatic heterocycles. The Bertz CT molecular complexity index is 620. The van der Waals surface area contributed by atoms with Gasteiger partial charge in [-0.05, 0) is 55.7 Å². The minimum atomic E-state index is -1.35. The van der Waals surface area contributed by atoms with Crippen molar-refractivity contribution in [3.8, 4) is 0 Å². The third-order valence-corrected chi connectivity index (χ3v) is 4.02. The average molecular weight is 323 g/mol. The summed E-state index contributed by atoms with van der Waals surface area (Å²) in [6.45, 7) is 5.60. The maximum atomic E-state index is 13.9. The van der Waals surface area contributed by atoms with Crippen LogP contribution in [0.1, 0.15) is 29.2 Å². The van der Waals surface area contributed by atoms with Crippen LogP contribution in [0.25, 0.3) is 0 Å². The number of rotatable bonds is 2. The Labute approximate surface area is 121 Å². The average Bonchev–Trinajstić information content (AvgIpc) is 2.35. The molecule has 0 aliphatic heterocycles. The molecule has 0 aliphatic rings. The van der Waals surface area contributed by atoms with E-state index in [1.807, 2.05) is 32.0 Å². The molecular weight excluding hydrogens is 307 g/mol. The number of hydrogen-bond acceptors (Lipinski definition) is 1. The maximum Gasteiger partial charge on any atom is 0.129 e. The van der Waals surface area contributed by atoms with E-state index in [-0.39, 0.29) is 5.56 Å². The van der Waals surface area contributed by atoms with Crippen molar-refractivity contribution in [3.63, 3.8) is 0 Å². The first-order valence-electron chi connectivity index (χ1n) is 6.08. The van der Waals surface area contributed by atoms with Crippen LogP contribution in [-0.2, 0) is 5.60 Å². The third kappa shape index (κ3) is 2.72. The number of aryl methyl sites for hydroxylation is 2. The highest BCUT2D eigenvalue weighted by molar-refractivity contribution is 9.10. The zero-order chi connectivity index (χ0) is 14.2. The van der Waals surface area contributed by atoms with Crippen LogP contribution in [0, 0.1) is 19.7 Å². The topological polar surface area (TPSA) is 20.2 Å². The molecule has 2 aromatic rings. The molecule has 0 radical (unpaired) electrons. The molecule has 1 unspecified atom stereocenters. The van der Waals surface area contributed by atoms with Gasteiger partial charge in [0.05, 0.1) is 0 Å². The highest BCUT2D eigenvalue weighted by Gasteiger charge is 2.29. The molecule has 1 atom stereocenters. The van der Waals surface area contributed by atoms with Crippen LogP contribution >= 0.6 is 15.9 Å². The van der Waals surface area contributed by atoms with Crippen LogP contribution in [0.4, 0.5) is 4.39 Å². The molecule has 0 spiro atoms. The second-order valence-electron chi connectivity index (χ2n) is 5.00. The molecule has 0 aliphatic carbocycles. The van der Waals surface area contributed by atoms with Gasteiger partial charge in [0, 0.05) is 10.0 Å². The number of benzene rings is 2. The van der Waals surface area contributed by atoms with Crippen molar-refractivity contribution >= 4 is 15.9 Å². The molecule has 1 nitrogen and oxygen atoms in total. The SMILES string of the molecule is Cc1ccc(C(C)(O)c2cc(Br)ccc2F)cc1C. The second-order valence-corrected chi connectivity index (χ2v) is 5.91. The van der Waals surface area contributed by atoms with Crippen LogP contribution in [-0.4, -0.2) is 5.11 Å². The molecule has 2 aromatic carbocycles. The lowest BCUT2D eigenvalue weighted by molar-refractivity contribution is 0.0978. The second kappa shape index (κ2) is 5.06. The van der Waals surface area contributed by atoms with Gasteiger partial charge in [0.1, 0.15) is 11.4 Å². The Morgan fingerprint density at radius 1 is 1.05 bits per heavy atom. The van der Waals surface area contributed by atoms with Crippen molar-refractivity contribution < 1.29 is 9.50 Å². The molecule has 100 valence electrons. The molecule has 1 N–H and O–H groups in total. The van der Waals surface area contributed by atoms with Gasteiger partial charge >= 0.3 is 0 Å². The van der Waals surface area contributed by atoms with Crippen LogP contribution in [0.15, 0.2) is 40.9 Å². The molecule has 0 fully saturated rings. The Morgan fingerprint density at radius 3 is 2.37 bits per heavy atom. The van der Waals surface area contributed by atoms with E-state index >= 15 is 0 Å². The fraction of sp³-hybridized carbons (Fsp3) is 0.250. The normalized spacial score (nSPS) is 14.2. The highest BCUT2D eigenvalue weighted by atomic mass is 79.9. The molecule has 0 saturated heterocycles. The summed E-state index contributed by atoms with van der Waals surface area (Å²) < 4.78 is 14.7. The molecule has 0 bridgehead atoms. The molecule has 19 heavy (non-hydrogen) atoms. The monoisotopic (exact) mass is 322 g/mol. The van der Waals surface area contributed by atoms with Crippen molar-refractivity contribution in [1.29, 1.82) is 0 Å². The van der Waals surface area contributed by atoms with Gasteiger partial charge in [-0.25, -0.2) is 4.39 Å². The maximum absolute atomic E-state index is 13.9. The Hall–Kier alpha value is -1.19. The van der Waals surface area contributed by atoms with Gasteiger partial charge in [0.25, 0.3) is 0 Å². The lowest BCUT2D eigenvalue weighted by Crippen LogP contribution is -2.24. The molecule has 0 heterocycles. The van der Waals surface area contributed by atoms with E-state index in [4.69, 9.17) is 0 Å². The summed E-state index contributed by atoms with van der Waals surface area (Å²) in [6, 6.07) is 10.3. The summed E-state index contributed by atoms with van der Waals surface area (Å²) in [5.41, 5.74) is 1.83. The molecule has 3 heteroatoms. The molecule has 0 amide bonds. The summed E-state index contributed by atoms with van der Waals surface area (Å²) in [6.07, 6.45) is 0. The van der Waals surface area contributed by atoms with Crippen molar-refractivity contribution in [3.05, 3.63) is 68.9 Å². The first-order chi connectivity index (χ1) is 8.82. The summed E-state index contributed by atoms with van der Waals surface area (Å²) in [7, 11) is 0. The molecular formula is C16H16BrFO. The summed E-state index contributed by atoms with van der Waals surface area (Å²) >= 11 is 3.31. The van der Waals surface area contributed by atoms with Gasteiger partial charge in [0.2, 0.25) is 0 Å². The van der Waals surface area contributed by atoms with Crippen LogP contribution < -0.4 is 0 Å². The summed E-state index contributed by atoms with van der Waals surface area (Å²) in [5.74, 6) is -0.411. The Morgan fingerprint density at radius 2 is 1.74 bits per heavy atom. The van der Waals surface area contributed by atoms with E-state index < -0.39 is 11.4 Å². The van der Waals surface area contributed by atoms with Crippen molar-refractivity contribution in [2.24, 2.45) is 0 Å². The van der Waals surface area contributed by atoms with Crippen molar-refractivity contribution in [1.82, 2.24) is 0 Å². The zero-order valence-corrected chi connectivity index (χ0v) is 12.8. The van der Waals surface area contributed by atoms with E-state index in [2.05, 4.69) is 15.9 Å². The largest absolute Gasteiger partial charge is 0.381 e. The molecule has 2 rings (SSSR count). The van der Waals surface area contributed by atoms with Crippen LogP contribution in [0.3, 0.4) is 0 Å². The predicted molar refractivity (Wildman–Crippen MR) is 78.7 cm³/mol. The number of aliphatic hydroxyl groups is 1. The fourth-order valence-corrected chi connectivity index (χ4v) is 2.43. The van der Waals surface area contributed by atoms with E-state index in [9.17, 15) is 9.50 Å². The fourth-order valence-electron chi connectivity index (χ4n) is 2.07. The van der Waals surface area contributed by atoms with Crippen LogP contribution in [0.5, 0.6) is 0 Å². The zero-order valence-electron chi connectivity index (χ0n) is 11.2. The lowest BCUT2D eigenvalue weighted by atomic mass is 9.86. The smallest absolute Gasteiger partial charge is 0.129 e. The first kappa shape index (κ1) is 14.2. The third-order valence-electron chi connectivity index (χ3n) is 3.52. The van der Waals surface area contributed by atoms with Gasteiger partial charge in [-0.15, -0.1) is 0 Å². The minimum absolute atomic E-state index is 0.269. The number of hydrogen-bond donors (Lipinski definition) is 1. The van der Waals surface area contributed by atoms with Gasteiger partial charge in [-0.1, -0.05) is 34.1 Å². The van der Waals surface area contributed by atoms with Gasteiger partial charge < -0.3 is 5.11 Å². The highest BCUT2D eigenvalue weighted by Crippen LogP contribution is 2.33. The van der Waals surface area contributed by atoms with E-state index in [0.29, 0.717) is 5.56 Å². The summed E-state index contributed by atoms with van der Waals surface area (Å²) in [4.78, 5) is 0. The van der Waals surface area contributed by atoms with Crippen molar-refractivity contribution in [2.45, 2.75) is 26.4 Å². The first-order valence-corrected chi connectivity index (χ1v) is 6.87. The lowest BCUT2D eigenvalue weighted by Gasteiger charge is -2.26. The van der Waals surface area contributed by atoms with E-state index in [1.54, 1.807) is 19.1 Å².